The molecular formula is C22H32N4O3. The monoisotopic (exact) mass is 400 g/mol. The van der Waals surface area contributed by atoms with Crippen LogP contribution in [0.5, 0.6) is 0 Å². The van der Waals surface area contributed by atoms with Crippen molar-refractivity contribution in [3.8, 4) is 0 Å². The van der Waals surface area contributed by atoms with Crippen LogP contribution in [0.15, 0.2) is 29.9 Å². The Kier molecular flexibility index (Phi) is 7.06. The first kappa shape index (κ1) is 22.5. The van der Waals surface area contributed by atoms with Gasteiger partial charge in [0.15, 0.2) is 0 Å². The molecular weight excluding hydrogens is 368 g/mol. The highest BCUT2D eigenvalue weighted by Crippen LogP contribution is 2.27. The van der Waals surface area contributed by atoms with Crippen LogP contribution in [-0.2, 0) is 16.0 Å². The van der Waals surface area contributed by atoms with Gasteiger partial charge < -0.3 is 14.5 Å². The molecule has 0 N–H and O–H groups in total. The van der Waals surface area contributed by atoms with E-state index >= 15 is 0 Å². The van der Waals surface area contributed by atoms with Gasteiger partial charge in [0.05, 0.1) is 5.69 Å². The van der Waals surface area contributed by atoms with Crippen molar-refractivity contribution in [1.29, 1.82) is 0 Å². The standard InChI is InChI=1S/C22H32N4O3/c1-8-17(14-26-16(3)23-19(9-2)20(26)24(7)15-27)18-10-12-25(13-11-18)21(28)29-22(4,5)6/h8,10,14-15H,1,9,11-13H2,2-7H3/b17-14+. The molecule has 1 aromatic rings. The smallest absolute Gasteiger partial charge is 0.410 e. The molecule has 2 heterocycles. The number of allylic oxidation sites excluding steroid dienone is 2. The van der Waals surface area contributed by atoms with Gasteiger partial charge in [-0.3, -0.25) is 9.36 Å². The van der Waals surface area contributed by atoms with Gasteiger partial charge in [0.2, 0.25) is 6.41 Å². The number of carbonyl (C=O) groups excluding carboxylic acids is 2. The van der Waals surface area contributed by atoms with E-state index in [4.69, 9.17) is 4.74 Å². The minimum atomic E-state index is -0.510. The fraction of sp³-hybridized carbons (Fsp3) is 0.500. The molecule has 0 spiro atoms. The quantitative estimate of drug-likeness (QED) is 0.536. The van der Waals surface area contributed by atoms with E-state index in [0.717, 1.165) is 41.3 Å². The van der Waals surface area contributed by atoms with Crippen molar-refractivity contribution in [1.82, 2.24) is 14.5 Å². The van der Waals surface area contributed by atoms with Crippen molar-refractivity contribution in [2.45, 2.75) is 53.1 Å². The summed E-state index contributed by atoms with van der Waals surface area (Å²) in [5.41, 5.74) is 2.40. The molecule has 0 atom stereocenters. The second-order valence-corrected chi connectivity index (χ2v) is 8.06. The molecule has 7 nitrogen and oxygen atoms in total. The van der Waals surface area contributed by atoms with E-state index in [1.807, 2.05) is 51.5 Å². The molecule has 7 heteroatoms. The van der Waals surface area contributed by atoms with Crippen molar-refractivity contribution in [2.75, 3.05) is 25.0 Å². The summed E-state index contributed by atoms with van der Waals surface area (Å²) >= 11 is 0. The lowest BCUT2D eigenvalue weighted by molar-refractivity contribution is -0.107. The molecule has 0 aromatic carbocycles. The minimum absolute atomic E-state index is 0.301. The third-order valence-corrected chi connectivity index (χ3v) is 4.68. The molecule has 0 unspecified atom stereocenters. The summed E-state index contributed by atoms with van der Waals surface area (Å²) in [7, 11) is 1.72. The van der Waals surface area contributed by atoms with Crippen LogP contribution in [0.25, 0.3) is 6.20 Å². The van der Waals surface area contributed by atoms with E-state index in [2.05, 4.69) is 11.6 Å². The van der Waals surface area contributed by atoms with Crippen LogP contribution in [0.3, 0.4) is 0 Å². The maximum Gasteiger partial charge on any atom is 0.410 e. The lowest BCUT2D eigenvalue weighted by atomic mass is 10.0. The Morgan fingerprint density at radius 2 is 2.10 bits per heavy atom. The molecule has 0 bridgehead atoms. The van der Waals surface area contributed by atoms with Gasteiger partial charge in [-0.1, -0.05) is 25.7 Å². The molecule has 1 aromatic heterocycles. The van der Waals surface area contributed by atoms with Crippen molar-refractivity contribution in [3.63, 3.8) is 0 Å². The summed E-state index contributed by atoms with van der Waals surface area (Å²) in [4.78, 5) is 31.5. The number of carbonyl (C=O) groups is 2. The number of ether oxygens (including phenoxy) is 1. The van der Waals surface area contributed by atoms with E-state index in [0.29, 0.717) is 19.5 Å². The maximum absolute atomic E-state index is 12.3. The van der Waals surface area contributed by atoms with E-state index in [1.165, 1.54) is 4.90 Å². The summed E-state index contributed by atoms with van der Waals surface area (Å²) in [6.07, 6.45) is 7.69. The summed E-state index contributed by atoms with van der Waals surface area (Å²) in [5.74, 6) is 1.56. The summed E-state index contributed by atoms with van der Waals surface area (Å²) in [6.45, 7) is 14.5. The predicted molar refractivity (Wildman–Crippen MR) is 116 cm³/mol. The topological polar surface area (TPSA) is 67.7 Å². The van der Waals surface area contributed by atoms with Gasteiger partial charge in [-0.15, -0.1) is 0 Å². The summed E-state index contributed by atoms with van der Waals surface area (Å²) < 4.78 is 7.37. The van der Waals surface area contributed by atoms with Gasteiger partial charge in [0.25, 0.3) is 0 Å². The molecule has 1 aliphatic heterocycles. The summed E-state index contributed by atoms with van der Waals surface area (Å²) in [5, 5.41) is 0. The van der Waals surface area contributed by atoms with Crippen molar-refractivity contribution >= 4 is 24.5 Å². The molecule has 0 aliphatic carbocycles. The Bertz CT molecular complexity index is 843. The molecule has 2 rings (SSSR count). The van der Waals surface area contributed by atoms with Gasteiger partial charge in [0, 0.05) is 26.3 Å². The zero-order valence-electron chi connectivity index (χ0n) is 18.4. The van der Waals surface area contributed by atoms with Crippen molar-refractivity contribution in [3.05, 3.63) is 41.4 Å². The fourth-order valence-corrected chi connectivity index (χ4v) is 3.24. The Hall–Kier alpha value is -2.83. The number of imidazole rings is 1. The molecule has 0 saturated carbocycles. The molecule has 0 saturated heterocycles. The zero-order chi connectivity index (χ0) is 21.8. The van der Waals surface area contributed by atoms with Gasteiger partial charge >= 0.3 is 6.09 Å². The molecule has 2 amide bonds. The van der Waals surface area contributed by atoms with Crippen LogP contribution in [0, 0.1) is 6.92 Å². The van der Waals surface area contributed by atoms with Gasteiger partial charge in [-0.05, 0) is 51.7 Å². The first-order valence-corrected chi connectivity index (χ1v) is 9.88. The molecule has 29 heavy (non-hydrogen) atoms. The summed E-state index contributed by atoms with van der Waals surface area (Å²) in [6, 6.07) is 0. The maximum atomic E-state index is 12.3. The van der Waals surface area contributed by atoms with E-state index in [-0.39, 0.29) is 6.09 Å². The molecule has 1 aliphatic rings. The Morgan fingerprint density at radius 1 is 1.41 bits per heavy atom. The van der Waals surface area contributed by atoms with Crippen LogP contribution >= 0.6 is 0 Å². The van der Waals surface area contributed by atoms with Gasteiger partial charge in [-0.2, -0.15) is 0 Å². The van der Waals surface area contributed by atoms with Crippen LogP contribution in [-0.4, -0.2) is 52.7 Å². The average molecular weight is 401 g/mol. The highest BCUT2D eigenvalue weighted by molar-refractivity contribution is 5.75. The van der Waals surface area contributed by atoms with Crippen LogP contribution in [0.2, 0.25) is 0 Å². The molecule has 158 valence electrons. The number of aromatic nitrogens is 2. The number of anilines is 1. The van der Waals surface area contributed by atoms with E-state index in [9.17, 15) is 9.59 Å². The number of hydrogen-bond acceptors (Lipinski definition) is 4. The predicted octanol–water partition coefficient (Wildman–Crippen LogP) is 3.94. The van der Waals surface area contributed by atoms with Gasteiger partial charge in [-0.25, -0.2) is 9.78 Å². The lowest BCUT2D eigenvalue weighted by Gasteiger charge is -2.30. The van der Waals surface area contributed by atoms with Crippen LogP contribution in [0.4, 0.5) is 10.6 Å². The SMILES string of the molecule is C=C/C(=C\n1c(C)nc(CC)c1N(C)C=O)C1=CCN(C(=O)OC(C)(C)C)CC1. The molecule has 0 fully saturated rings. The second-order valence-electron chi connectivity index (χ2n) is 8.06. The largest absolute Gasteiger partial charge is 0.444 e. The molecule has 0 radical (unpaired) electrons. The Morgan fingerprint density at radius 3 is 2.59 bits per heavy atom. The van der Waals surface area contributed by atoms with Crippen molar-refractivity contribution < 1.29 is 14.3 Å². The fourth-order valence-electron chi connectivity index (χ4n) is 3.24. The van der Waals surface area contributed by atoms with Crippen LogP contribution in [0.1, 0.15) is 45.6 Å². The first-order chi connectivity index (χ1) is 13.6. The number of amides is 2. The van der Waals surface area contributed by atoms with Crippen molar-refractivity contribution in [2.24, 2.45) is 0 Å². The number of hydrogen-bond donors (Lipinski definition) is 0. The number of nitrogens with zero attached hydrogens (tertiary/aromatic N) is 4. The number of aryl methyl sites for hydroxylation is 2. The minimum Gasteiger partial charge on any atom is -0.444 e. The second kappa shape index (κ2) is 9.11. The lowest BCUT2D eigenvalue weighted by Crippen LogP contribution is -2.39. The highest BCUT2D eigenvalue weighted by Gasteiger charge is 2.24. The van der Waals surface area contributed by atoms with E-state index in [1.54, 1.807) is 18.0 Å². The highest BCUT2D eigenvalue weighted by atomic mass is 16.6. The van der Waals surface area contributed by atoms with Crippen LogP contribution < -0.4 is 4.90 Å². The number of rotatable bonds is 6. The first-order valence-electron chi connectivity index (χ1n) is 9.88. The Balaban J connectivity index is 2.30. The zero-order valence-corrected chi connectivity index (χ0v) is 18.4. The van der Waals surface area contributed by atoms with E-state index < -0.39 is 5.60 Å². The third kappa shape index (κ3) is 5.37. The normalized spacial score (nSPS) is 15.0. The average Bonchev–Trinajstić information content (AvgIpc) is 2.99. The third-order valence-electron chi connectivity index (χ3n) is 4.68. The Labute approximate surface area is 173 Å². The van der Waals surface area contributed by atoms with Gasteiger partial charge in [0.1, 0.15) is 17.2 Å².